The third-order valence-corrected chi connectivity index (χ3v) is 4.98. The van der Waals surface area contributed by atoms with Gasteiger partial charge in [-0.05, 0) is 24.6 Å². The van der Waals surface area contributed by atoms with Crippen molar-refractivity contribution in [2.75, 3.05) is 49.7 Å². The summed E-state index contributed by atoms with van der Waals surface area (Å²) in [5.41, 5.74) is 2.77. The number of aryl methyl sites for hydroxylation is 1. The predicted octanol–water partition coefficient (Wildman–Crippen LogP) is 3.93. The van der Waals surface area contributed by atoms with Crippen LogP contribution in [0.2, 0.25) is 0 Å². The zero-order valence-corrected chi connectivity index (χ0v) is 19.5. The van der Waals surface area contributed by atoms with Gasteiger partial charge in [-0.2, -0.15) is 15.1 Å². The number of amides is 1. The topological polar surface area (TPSA) is 123 Å². The van der Waals surface area contributed by atoms with Gasteiger partial charge < -0.3 is 19.1 Å². The summed E-state index contributed by atoms with van der Waals surface area (Å²) in [4.78, 5) is 26.7. The van der Waals surface area contributed by atoms with Crippen molar-refractivity contribution in [3.05, 3.63) is 66.0 Å². The van der Waals surface area contributed by atoms with E-state index >= 15 is 0 Å². The minimum absolute atomic E-state index is 0.0153. The maximum absolute atomic E-state index is 11.9. The van der Waals surface area contributed by atoms with Gasteiger partial charge in [0.05, 0.1) is 31.6 Å². The maximum Gasteiger partial charge on any atom is 0.411 e. The molecule has 182 valence electrons. The Labute approximate surface area is 203 Å². The molecule has 0 unspecified atom stereocenters. The number of azo groups is 1. The summed E-state index contributed by atoms with van der Waals surface area (Å²) >= 11 is 0. The van der Waals surface area contributed by atoms with E-state index in [0.29, 0.717) is 50.2 Å². The van der Waals surface area contributed by atoms with Gasteiger partial charge in [-0.3, -0.25) is 10.3 Å². The summed E-state index contributed by atoms with van der Waals surface area (Å²) in [6, 6.07) is 13.4. The van der Waals surface area contributed by atoms with Crippen LogP contribution >= 0.6 is 0 Å². The first-order valence-electron chi connectivity index (χ1n) is 11.3. The highest BCUT2D eigenvalue weighted by molar-refractivity contribution is 5.84. The quantitative estimate of drug-likeness (QED) is 0.363. The number of nitrogens with zero attached hydrogens (tertiary/aromatic N) is 6. The number of benzene rings is 1. The molecular weight excluding hydrogens is 450 g/mol. The van der Waals surface area contributed by atoms with Gasteiger partial charge in [0.25, 0.3) is 0 Å². The highest BCUT2D eigenvalue weighted by atomic mass is 16.6. The van der Waals surface area contributed by atoms with Gasteiger partial charge in [-0.15, -0.1) is 5.11 Å². The molecule has 35 heavy (non-hydrogen) atoms. The lowest BCUT2D eigenvalue weighted by Gasteiger charge is -2.27. The first-order valence-corrected chi connectivity index (χ1v) is 11.3. The molecule has 1 saturated heterocycles. The van der Waals surface area contributed by atoms with Gasteiger partial charge in [0.2, 0.25) is 0 Å². The third kappa shape index (κ3) is 7.71. The Morgan fingerprint density at radius 1 is 1.14 bits per heavy atom. The van der Waals surface area contributed by atoms with E-state index in [1.165, 1.54) is 11.8 Å². The fourth-order valence-electron chi connectivity index (χ4n) is 3.33. The Bertz CT molecular complexity index is 1140. The predicted molar refractivity (Wildman–Crippen MR) is 129 cm³/mol. The van der Waals surface area contributed by atoms with E-state index in [1.54, 1.807) is 24.4 Å². The molecule has 0 saturated carbocycles. The van der Waals surface area contributed by atoms with Crippen molar-refractivity contribution in [1.29, 1.82) is 0 Å². The van der Waals surface area contributed by atoms with E-state index in [-0.39, 0.29) is 19.2 Å². The van der Waals surface area contributed by atoms with Gasteiger partial charge in [0.15, 0.2) is 5.82 Å². The lowest BCUT2D eigenvalue weighted by molar-refractivity contribution is 0.122. The minimum Gasteiger partial charge on any atom is -0.460 e. The smallest absolute Gasteiger partial charge is 0.411 e. The van der Waals surface area contributed by atoms with Crippen molar-refractivity contribution in [2.24, 2.45) is 10.2 Å². The number of carbonyl (C=O) groups excluding carboxylic acids is 1. The fourth-order valence-corrected chi connectivity index (χ4v) is 3.33. The van der Waals surface area contributed by atoms with Crippen molar-refractivity contribution in [1.82, 2.24) is 15.0 Å². The number of rotatable bonds is 9. The van der Waals surface area contributed by atoms with E-state index in [2.05, 4.69) is 41.5 Å². The van der Waals surface area contributed by atoms with Crippen LogP contribution in [0.15, 0.2) is 65.1 Å². The number of aromatic nitrogens is 3. The molecule has 0 spiro atoms. The average Bonchev–Trinajstić information content (AvgIpc) is 2.88. The van der Waals surface area contributed by atoms with Crippen LogP contribution in [0.4, 0.5) is 22.1 Å². The van der Waals surface area contributed by atoms with Crippen molar-refractivity contribution in [3.63, 3.8) is 0 Å². The molecule has 3 heterocycles. The Balaban J connectivity index is 1.36. The first-order chi connectivity index (χ1) is 17.2. The van der Waals surface area contributed by atoms with Crippen LogP contribution in [0, 0.1) is 6.92 Å². The van der Waals surface area contributed by atoms with Gasteiger partial charge in [-0.25, -0.2) is 4.79 Å². The van der Waals surface area contributed by atoms with Gasteiger partial charge in [-0.1, -0.05) is 29.8 Å². The molecule has 0 aliphatic carbocycles. The molecule has 1 N–H and O–H groups in total. The van der Waals surface area contributed by atoms with Crippen LogP contribution in [-0.2, 0) is 16.0 Å². The number of carbonyl (C=O) groups is 1. The number of morpholine rings is 1. The number of ether oxygens (including phenoxy) is 3. The number of pyridine rings is 1. The second kappa shape index (κ2) is 12.4. The Kier molecular flexibility index (Phi) is 8.49. The first kappa shape index (κ1) is 24.0. The molecule has 11 nitrogen and oxygen atoms in total. The lowest BCUT2D eigenvalue weighted by atomic mass is 10.1. The Hall–Kier alpha value is -4.12. The van der Waals surface area contributed by atoms with Gasteiger partial charge >= 0.3 is 12.1 Å². The number of hydrogen-bond donors (Lipinski definition) is 1. The highest BCUT2D eigenvalue weighted by Crippen LogP contribution is 2.23. The summed E-state index contributed by atoms with van der Waals surface area (Å²) < 4.78 is 16.2. The van der Waals surface area contributed by atoms with Crippen LogP contribution in [0.25, 0.3) is 0 Å². The van der Waals surface area contributed by atoms with E-state index < -0.39 is 6.09 Å². The summed E-state index contributed by atoms with van der Waals surface area (Å²) in [6.45, 7) is 5.20. The van der Waals surface area contributed by atoms with E-state index in [9.17, 15) is 4.79 Å². The molecule has 3 aromatic rings. The third-order valence-electron chi connectivity index (χ3n) is 4.98. The van der Waals surface area contributed by atoms with Crippen LogP contribution in [0.1, 0.15) is 11.1 Å². The maximum atomic E-state index is 11.9. The van der Waals surface area contributed by atoms with E-state index in [1.807, 2.05) is 25.1 Å². The van der Waals surface area contributed by atoms with Crippen LogP contribution in [-0.4, -0.2) is 60.6 Å². The van der Waals surface area contributed by atoms with Gasteiger partial charge in [0.1, 0.15) is 19.0 Å². The summed E-state index contributed by atoms with van der Waals surface area (Å²) in [5, 5.41) is 11.2. The largest absolute Gasteiger partial charge is 0.460 e. The zero-order valence-electron chi connectivity index (χ0n) is 19.5. The Morgan fingerprint density at radius 2 is 2.03 bits per heavy atom. The van der Waals surface area contributed by atoms with Crippen molar-refractivity contribution in [3.8, 4) is 6.01 Å². The standard InChI is InChI=1S/C24H27N7O4/c1-18-4-2-5-19(14-18)16-26-30-21-15-22(31-8-10-33-11-9-31)29-23(28-21)34-12-13-35-24(32)27-20-6-3-7-25-17-20/h2-7,14-15,17H,8-13,16H2,1H3,(H,27,32). The average molecular weight is 478 g/mol. The molecule has 2 aromatic heterocycles. The van der Waals surface area contributed by atoms with Gasteiger partial charge in [0, 0.05) is 25.4 Å². The molecule has 1 fully saturated rings. The SMILES string of the molecule is Cc1cccc(CN=Nc2cc(N3CCOCC3)nc(OCCOC(=O)Nc3cccnc3)n2)c1. The fraction of sp³-hybridized carbons (Fsp3) is 0.333. The lowest BCUT2D eigenvalue weighted by Crippen LogP contribution is -2.36. The number of hydrogen-bond acceptors (Lipinski definition) is 10. The van der Waals surface area contributed by atoms with Crippen molar-refractivity contribution < 1.29 is 19.0 Å². The Morgan fingerprint density at radius 3 is 2.83 bits per heavy atom. The summed E-state index contributed by atoms with van der Waals surface area (Å²) in [7, 11) is 0. The van der Waals surface area contributed by atoms with Crippen molar-refractivity contribution in [2.45, 2.75) is 13.5 Å². The normalized spacial score (nSPS) is 13.6. The molecule has 11 heteroatoms. The van der Waals surface area contributed by atoms with E-state index in [0.717, 1.165) is 5.56 Å². The molecular formula is C24H27N7O4. The summed E-state index contributed by atoms with van der Waals surface area (Å²) in [5.74, 6) is 1.07. The minimum atomic E-state index is -0.602. The molecule has 0 radical (unpaired) electrons. The second-order valence-electron chi connectivity index (χ2n) is 7.71. The molecule has 1 aliphatic rings. The molecule has 1 aromatic carbocycles. The molecule has 4 rings (SSSR count). The summed E-state index contributed by atoms with van der Waals surface area (Å²) in [6.07, 6.45) is 2.54. The molecule has 0 bridgehead atoms. The zero-order chi connectivity index (χ0) is 24.3. The molecule has 1 amide bonds. The number of nitrogens with one attached hydrogen (secondary N) is 1. The number of anilines is 2. The molecule has 1 aliphatic heterocycles. The van der Waals surface area contributed by atoms with Crippen LogP contribution in [0.3, 0.4) is 0 Å². The second-order valence-corrected chi connectivity index (χ2v) is 7.71. The van der Waals surface area contributed by atoms with Crippen LogP contribution < -0.4 is 15.0 Å². The van der Waals surface area contributed by atoms with Crippen molar-refractivity contribution >= 4 is 23.4 Å². The molecule has 0 atom stereocenters. The van der Waals surface area contributed by atoms with Crippen LogP contribution in [0.5, 0.6) is 6.01 Å². The van der Waals surface area contributed by atoms with E-state index in [4.69, 9.17) is 14.2 Å². The monoisotopic (exact) mass is 477 g/mol. The highest BCUT2D eigenvalue weighted by Gasteiger charge is 2.16.